The summed E-state index contributed by atoms with van der Waals surface area (Å²) in [7, 11) is -3.15. The second-order valence-corrected chi connectivity index (χ2v) is 7.29. The fourth-order valence-electron chi connectivity index (χ4n) is 2.13. The van der Waals surface area contributed by atoms with Crippen LogP contribution in [0.15, 0.2) is 18.2 Å². The largest absolute Gasteiger partial charge is 0.332 e. The van der Waals surface area contributed by atoms with Crippen molar-refractivity contribution in [3.8, 4) is 0 Å². The molecule has 2 rings (SSSR count). The molecule has 1 fully saturated rings. The number of nitrogens with one attached hydrogen (secondary N) is 2. The molecular formula is C12H14F2N2O3S. The van der Waals surface area contributed by atoms with Crippen LogP contribution in [0.3, 0.4) is 0 Å². The van der Waals surface area contributed by atoms with E-state index in [1.807, 2.05) is 0 Å². The Hall–Kier alpha value is -1.70. The Balaban J connectivity index is 2.03. The van der Waals surface area contributed by atoms with Gasteiger partial charge in [0.15, 0.2) is 9.84 Å². The van der Waals surface area contributed by atoms with Gasteiger partial charge in [-0.05, 0) is 25.5 Å². The molecule has 1 unspecified atom stereocenters. The first-order chi connectivity index (χ1) is 9.19. The van der Waals surface area contributed by atoms with E-state index in [0.29, 0.717) is 12.5 Å². The molecule has 0 aromatic heterocycles. The third-order valence-electron chi connectivity index (χ3n) is 3.10. The summed E-state index contributed by atoms with van der Waals surface area (Å²) in [6.45, 7) is 1.61. The number of anilines is 1. The number of hydrogen-bond donors (Lipinski definition) is 2. The molecule has 1 aliphatic heterocycles. The van der Waals surface area contributed by atoms with E-state index in [1.165, 1.54) is 0 Å². The molecular weight excluding hydrogens is 290 g/mol. The molecule has 1 aromatic carbocycles. The summed E-state index contributed by atoms with van der Waals surface area (Å²) in [6.07, 6.45) is 0.300. The molecule has 0 saturated carbocycles. The van der Waals surface area contributed by atoms with Crippen LogP contribution in [-0.4, -0.2) is 31.5 Å². The molecule has 1 atom stereocenters. The Morgan fingerprint density at radius 3 is 2.60 bits per heavy atom. The second-order valence-electron chi connectivity index (χ2n) is 5.11. The van der Waals surface area contributed by atoms with Crippen molar-refractivity contribution < 1.29 is 22.0 Å². The highest BCUT2D eigenvalue weighted by atomic mass is 32.2. The number of carbonyl (C=O) groups is 1. The van der Waals surface area contributed by atoms with Crippen LogP contribution in [0.2, 0.25) is 0 Å². The normalized spacial score (nSPS) is 24.4. The van der Waals surface area contributed by atoms with Gasteiger partial charge in [-0.2, -0.15) is 0 Å². The summed E-state index contributed by atoms with van der Waals surface area (Å²) < 4.78 is 48.9. The van der Waals surface area contributed by atoms with Crippen LogP contribution in [0.4, 0.5) is 19.3 Å². The lowest BCUT2D eigenvalue weighted by atomic mass is 10.0. The highest BCUT2D eigenvalue weighted by Crippen LogP contribution is 2.23. The first kappa shape index (κ1) is 14.7. The number of carbonyl (C=O) groups excluding carboxylic acids is 1. The van der Waals surface area contributed by atoms with E-state index in [2.05, 4.69) is 10.6 Å². The second kappa shape index (κ2) is 5.01. The van der Waals surface area contributed by atoms with Crippen molar-refractivity contribution in [2.45, 2.75) is 18.9 Å². The molecule has 1 heterocycles. The Bertz CT molecular complexity index is 648. The van der Waals surface area contributed by atoms with Crippen molar-refractivity contribution in [3.63, 3.8) is 0 Å². The van der Waals surface area contributed by atoms with Gasteiger partial charge in [0, 0.05) is 6.07 Å². The lowest BCUT2D eigenvalue weighted by Gasteiger charge is -2.24. The monoisotopic (exact) mass is 304 g/mol. The highest BCUT2D eigenvalue weighted by molar-refractivity contribution is 7.91. The maximum atomic E-state index is 13.4. The number of hydrogen-bond acceptors (Lipinski definition) is 3. The Morgan fingerprint density at radius 1 is 1.35 bits per heavy atom. The van der Waals surface area contributed by atoms with Crippen LogP contribution in [0.5, 0.6) is 0 Å². The molecule has 2 amide bonds. The van der Waals surface area contributed by atoms with Crippen LogP contribution in [0.25, 0.3) is 0 Å². The molecule has 20 heavy (non-hydrogen) atoms. The highest BCUT2D eigenvalue weighted by Gasteiger charge is 2.39. The van der Waals surface area contributed by atoms with Gasteiger partial charge >= 0.3 is 6.03 Å². The zero-order valence-corrected chi connectivity index (χ0v) is 11.6. The molecule has 0 bridgehead atoms. The van der Waals surface area contributed by atoms with Gasteiger partial charge in [-0.3, -0.25) is 0 Å². The summed E-state index contributed by atoms with van der Waals surface area (Å²) >= 11 is 0. The molecule has 2 N–H and O–H groups in total. The summed E-state index contributed by atoms with van der Waals surface area (Å²) in [5, 5.41) is 4.74. The molecule has 0 radical (unpaired) electrons. The van der Waals surface area contributed by atoms with Crippen molar-refractivity contribution in [1.82, 2.24) is 5.32 Å². The number of halogens is 2. The molecule has 0 aliphatic carbocycles. The molecule has 110 valence electrons. The van der Waals surface area contributed by atoms with Crippen molar-refractivity contribution >= 4 is 21.6 Å². The number of benzene rings is 1. The molecule has 1 aromatic rings. The number of sulfone groups is 1. The average Bonchev–Trinajstić information content (AvgIpc) is 2.56. The summed E-state index contributed by atoms with van der Waals surface area (Å²) in [6, 6.07) is 2.03. The van der Waals surface area contributed by atoms with Crippen molar-refractivity contribution in [2.24, 2.45) is 0 Å². The maximum Gasteiger partial charge on any atom is 0.319 e. The standard InChI is InChI=1S/C12H14F2N2O3S/c1-12(4-5-20(18,19)7-12)16-11(17)15-10-3-2-8(13)6-9(10)14/h2-3,6H,4-5,7H2,1H3,(H2,15,16,17). The lowest BCUT2D eigenvalue weighted by Crippen LogP contribution is -2.48. The van der Waals surface area contributed by atoms with Crippen LogP contribution >= 0.6 is 0 Å². The van der Waals surface area contributed by atoms with Gasteiger partial charge in [-0.15, -0.1) is 0 Å². The van der Waals surface area contributed by atoms with Crippen LogP contribution in [0.1, 0.15) is 13.3 Å². The topological polar surface area (TPSA) is 75.3 Å². The van der Waals surface area contributed by atoms with Crippen LogP contribution in [-0.2, 0) is 9.84 Å². The smallest absolute Gasteiger partial charge is 0.319 e. The Morgan fingerprint density at radius 2 is 2.05 bits per heavy atom. The average molecular weight is 304 g/mol. The van der Waals surface area contributed by atoms with E-state index in [-0.39, 0.29) is 17.2 Å². The van der Waals surface area contributed by atoms with Gasteiger partial charge in [0.05, 0.1) is 22.7 Å². The van der Waals surface area contributed by atoms with Gasteiger partial charge in [0.1, 0.15) is 11.6 Å². The van der Waals surface area contributed by atoms with Crippen molar-refractivity contribution in [3.05, 3.63) is 29.8 Å². The minimum atomic E-state index is -3.15. The predicted molar refractivity (Wildman–Crippen MR) is 70.2 cm³/mol. The van der Waals surface area contributed by atoms with Gasteiger partial charge < -0.3 is 10.6 Å². The zero-order chi connectivity index (χ0) is 15.0. The van der Waals surface area contributed by atoms with E-state index < -0.39 is 33.0 Å². The fourth-order valence-corrected chi connectivity index (χ4v) is 4.22. The molecule has 1 aliphatic rings. The zero-order valence-electron chi connectivity index (χ0n) is 10.7. The summed E-state index contributed by atoms with van der Waals surface area (Å²) in [5.74, 6) is -1.79. The first-order valence-corrected chi connectivity index (χ1v) is 7.76. The molecule has 8 heteroatoms. The SMILES string of the molecule is CC1(NC(=O)Nc2ccc(F)cc2F)CCS(=O)(=O)C1. The van der Waals surface area contributed by atoms with Crippen molar-refractivity contribution in [2.75, 3.05) is 16.8 Å². The molecule has 1 saturated heterocycles. The van der Waals surface area contributed by atoms with Crippen LogP contribution in [0, 0.1) is 11.6 Å². The van der Waals surface area contributed by atoms with E-state index in [4.69, 9.17) is 0 Å². The summed E-state index contributed by atoms with van der Waals surface area (Å²) in [4.78, 5) is 11.7. The van der Waals surface area contributed by atoms with Crippen molar-refractivity contribution in [1.29, 1.82) is 0 Å². The third-order valence-corrected chi connectivity index (χ3v) is 5.00. The van der Waals surface area contributed by atoms with Gasteiger partial charge in [-0.25, -0.2) is 22.0 Å². The number of amides is 2. The van der Waals surface area contributed by atoms with E-state index in [0.717, 1.165) is 12.1 Å². The molecule has 0 spiro atoms. The molecule has 5 nitrogen and oxygen atoms in total. The fraction of sp³-hybridized carbons (Fsp3) is 0.417. The lowest BCUT2D eigenvalue weighted by molar-refractivity contribution is 0.242. The number of rotatable bonds is 2. The third kappa shape index (κ3) is 3.44. The quantitative estimate of drug-likeness (QED) is 0.872. The number of urea groups is 1. The maximum absolute atomic E-state index is 13.4. The van der Waals surface area contributed by atoms with E-state index in [9.17, 15) is 22.0 Å². The Kier molecular flexibility index (Phi) is 3.68. The first-order valence-electron chi connectivity index (χ1n) is 5.94. The van der Waals surface area contributed by atoms with Gasteiger partial charge in [0.2, 0.25) is 0 Å². The van der Waals surface area contributed by atoms with Gasteiger partial charge in [0.25, 0.3) is 0 Å². The van der Waals surface area contributed by atoms with E-state index in [1.54, 1.807) is 6.92 Å². The minimum absolute atomic E-state index is 0.00862. The minimum Gasteiger partial charge on any atom is -0.332 e. The Labute approximate surface area is 115 Å². The van der Waals surface area contributed by atoms with Gasteiger partial charge in [-0.1, -0.05) is 0 Å². The van der Waals surface area contributed by atoms with E-state index >= 15 is 0 Å². The van der Waals surface area contributed by atoms with Crippen LogP contribution < -0.4 is 10.6 Å². The summed E-state index contributed by atoms with van der Waals surface area (Å²) in [5.41, 5.74) is -1.05. The predicted octanol–water partition coefficient (Wildman–Crippen LogP) is 1.66.